The van der Waals surface area contributed by atoms with Gasteiger partial charge in [0.2, 0.25) is 5.91 Å². The molecule has 0 N–H and O–H groups in total. The van der Waals surface area contributed by atoms with Crippen molar-refractivity contribution >= 4 is 16.9 Å². The first-order valence-corrected chi connectivity index (χ1v) is 9.65. The zero-order chi connectivity index (χ0) is 17.0. The van der Waals surface area contributed by atoms with Crippen LogP contribution in [0.5, 0.6) is 0 Å². The van der Waals surface area contributed by atoms with Crippen LogP contribution in [-0.2, 0) is 18.4 Å². The summed E-state index contributed by atoms with van der Waals surface area (Å²) in [6, 6.07) is 8.81. The van der Waals surface area contributed by atoms with Crippen LogP contribution in [0.1, 0.15) is 44.3 Å². The number of rotatable bonds is 3. The summed E-state index contributed by atoms with van der Waals surface area (Å²) < 4.78 is 2.19. The second-order valence-electron chi connectivity index (χ2n) is 7.97. The molecule has 1 aromatic carbocycles. The Morgan fingerprint density at radius 2 is 1.92 bits per heavy atom. The lowest BCUT2D eigenvalue weighted by Gasteiger charge is -2.44. The molecule has 1 atom stereocenters. The molecule has 3 aliphatic rings. The molecular weight excluding hydrogens is 312 g/mol. The van der Waals surface area contributed by atoms with Crippen LogP contribution in [0, 0.1) is 0 Å². The van der Waals surface area contributed by atoms with Crippen molar-refractivity contribution in [3.63, 3.8) is 0 Å². The number of imidazole rings is 1. The lowest BCUT2D eigenvalue weighted by atomic mass is 9.85. The van der Waals surface area contributed by atoms with Crippen LogP contribution in [0.15, 0.2) is 24.3 Å². The number of para-hydroxylation sites is 2. The molecule has 1 aromatic heterocycles. The standard InChI is InChI=1S/C20H26N4O/c1-22-17-7-3-2-6-16(17)21-18(22)14-23-12-4-10-20(23)11-5-13-24(19(20)25)15-8-9-15/h2-3,6-7,15H,4-5,8-14H2,1H3. The Bertz CT molecular complexity index is 824. The van der Waals surface area contributed by atoms with E-state index in [1.165, 1.54) is 18.4 Å². The minimum absolute atomic E-state index is 0.265. The van der Waals surface area contributed by atoms with Gasteiger partial charge in [-0.15, -0.1) is 0 Å². The number of carbonyl (C=O) groups is 1. The highest BCUT2D eigenvalue weighted by molar-refractivity contribution is 5.88. The molecule has 1 unspecified atom stereocenters. The number of hydrogen-bond acceptors (Lipinski definition) is 3. The SMILES string of the molecule is Cn1c(CN2CCCC23CCCN(C2CC2)C3=O)nc2ccccc21. The van der Waals surface area contributed by atoms with Gasteiger partial charge in [0.05, 0.1) is 17.6 Å². The Kier molecular flexibility index (Phi) is 3.42. The zero-order valence-corrected chi connectivity index (χ0v) is 14.9. The Hall–Kier alpha value is -1.88. The average molecular weight is 338 g/mol. The molecule has 5 nitrogen and oxygen atoms in total. The number of nitrogens with zero attached hydrogens (tertiary/aromatic N) is 4. The molecule has 1 amide bonds. The van der Waals surface area contributed by atoms with E-state index < -0.39 is 0 Å². The summed E-state index contributed by atoms with van der Waals surface area (Å²) in [5.41, 5.74) is 1.95. The maximum Gasteiger partial charge on any atom is 0.243 e. The topological polar surface area (TPSA) is 41.4 Å². The van der Waals surface area contributed by atoms with Gasteiger partial charge in [-0.25, -0.2) is 4.98 Å². The van der Waals surface area contributed by atoms with E-state index in [1.54, 1.807) is 0 Å². The molecule has 2 aromatic rings. The molecule has 1 saturated carbocycles. The van der Waals surface area contributed by atoms with Crippen LogP contribution in [0.4, 0.5) is 0 Å². The molecular formula is C20H26N4O. The van der Waals surface area contributed by atoms with E-state index in [4.69, 9.17) is 4.98 Å². The van der Waals surface area contributed by atoms with Gasteiger partial charge >= 0.3 is 0 Å². The Balaban J connectivity index is 1.46. The number of aromatic nitrogens is 2. The molecule has 1 spiro atoms. The number of benzene rings is 1. The number of carbonyl (C=O) groups excluding carboxylic acids is 1. The van der Waals surface area contributed by atoms with E-state index in [2.05, 4.69) is 39.6 Å². The molecule has 1 aliphatic carbocycles. The molecule has 25 heavy (non-hydrogen) atoms. The highest BCUT2D eigenvalue weighted by atomic mass is 16.2. The largest absolute Gasteiger partial charge is 0.338 e. The smallest absolute Gasteiger partial charge is 0.243 e. The van der Waals surface area contributed by atoms with Gasteiger partial charge in [-0.2, -0.15) is 0 Å². The molecule has 132 valence electrons. The highest BCUT2D eigenvalue weighted by Gasteiger charge is 2.53. The molecule has 2 aliphatic heterocycles. The minimum atomic E-state index is -0.265. The summed E-state index contributed by atoms with van der Waals surface area (Å²) in [6.45, 7) is 2.74. The van der Waals surface area contributed by atoms with Gasteiger partial charge in [0, 0.05) is 19.6 Å². The minimum Gasteiger partial charge on any atom is -0.338 e. The van der Waals surface area contributed by atoms with Gasteiger partial charge in [-0.1, -0.05) is 12.1 Å². The molecule has 2 saturated heterocycles. The second-order valence-corrected chi connectivity index (χ2v) is 7.97. The Morgan fingerprint density at radius 3 is 2.68 bits per heavy atom. The summed E-state index contributed by atoms with van der Waals surface area (Å²) in [7, 11) is 2.09. The molecule has 5 rings (SSSR count). The maximum atomic E-state index is 13.3. The average Bonchev–Trinajstić information content (AvgIpc) is 3.32. The van der Waals surface area contributed by atoms with Gasteiger partial charge in [-0.3, -0.25) is 9.69 Å². The van der Waals surface area contributed by atoms with E-state index in [0.717, 1.165) is 56.7 Å². The first kappa shape index (κ1) is 15.4. The van der Waals surface area contributed by atoms with Crippen LogP contribution in [0.3, 0.4) is 0 Å². The molecule has 5 heteroatoms. The van der Waals surface area contributed by atoms with Crippen molar-refractivity contribution in [2.24, 2.45) is 7.05 Å². The fraction of sp³-hybridized carbons (Fsp3) is 0.600. The highest BCUT2D eigenvalue weighted by Crippen LogP contribution is 2.42. The third kappa shape index (κ3) is 2.32. The number of aryl methyl sites for hydroxylation is 1. The van der Waals surface area contributed by atoms with Crippen molar-refractivity contribution in [2.45, 2.75) is 56.7 Å². The molecule has 3 fully saturated rings. The summed E-state index contributed by atoms with van der Waals surface area (Å²) in [4.78, 5) is 22.8. The van der Waals surface area contributed by atoms with Gasteiger partial charge in [-0.05, 0) is 57.2 Å². The lowest BCUT2D eigenvalue weighted by molar-refractivity contribution is -0.148. The third-order valence-electron chi connectivity index (χ3n) is 6.47. The van der Waals surface area contributed by atoms with Gasteiger partial charge in [0.25, 0.3) is 0 Å². The third-order valence-corrected chi connectivity index (χ3v) is 6.47. The summed E-state index contributed by atoms with van der Waals surface area (Å²) >= 11 is 0. The Morgan fingerprint density at radius 1 is 1.16 bits per heavy atom. The van der Waals surface area contributed by atoms with Crippen molar-refractivity contribution in [1.82, 2.24) is 19.4 Å². The lowest BCUT2D eigenvalue weighted by Crippen LogP contribution is -2.60. The number of likely N-dealkylation sites (tertiary alicyclic amines) is 2. The molecule has 0 bridgehead atoms. The van der Waals surface area contributed by atoms with E-state index in [0.29, 0.717) is 11.9 Å². The van der Waals surface area contributed by atoms with E-state index in [9.17, 15) is 4.79 Å². The van der Waals surface area contributed by atoms with E-state index in [-0.39, 0.29) is 5.54 Å². The monoisotopic (exact) mass is 338 g/mol. The van der Waals surface area contributed by atoms with Crippen LogP contribution >= 0.6 is 0 Å². The van der Waals surface area contributed by atoms with E-state index in [1.807, 2.05) is 6.07 Å². The van der Waals surface area contributed by atoms with Crippen molar-refractivity contribution in [2.75, 3.05) is 13.1 Å². The fourth-order valence-electron chi connectivity index (χ4n) is 4.95. The van der Waals surface area contributed by atoms with Gasteiger partial charge < -0.3 is 9.47 Å². The van der Waals surface area contributed by atoms with Crippen LogP contribution in [0.25, 0.3) is 11.0 Å². The van der Waals surface area contributed by atoms with Crippen molar-refractivity contribution in [1.29, 1.82) is 0 Å². The maximum absolute atomic E-state index is 13.3. The van der Waals surface area contributed by atoms with Crippen molar-refractivity contribution in [3.8, 4) is 0 Å². The predicted molar refractivity (Wildman–Crippen MR) is 97.1 cm³/mol. The number of piperidine rings is 1. The van der Waals surface area contributed by atoms with E-state index >= 15 is 0 Å². The van der Waals surface area contributed by atoms with Crippen LogP contribution in [-0.4, -0.2) is 49.9 Å². The number of hydrogen-bond donors (Lipinski definition) is 0. The predicted octanol–water partition coefficient (Wildman–Crippen LogP) is 2.69. The summed E-state index contributed by atoms with van der Waals surface area (Å²) in [5.74, 6) is 1.47. The molecule has 0 radical (unpaired) electrons. The number of amides is 1. The first-order valence-electron chi connectivity index (χ1n) is 9.65. The quantitative estimate of drug-likeness (QED) is 0.864. The fourth-order valence-corrected chi connectivity index (χ4v) is 4.95. The number of fused-ring (bicyclic) bond motifs is 1. The van der Waals surface area contributed by atoms with Gasteiger partial charge in [0.1, 0.15) is 11.4 Å². The summed E-state index contributed by atoms with van der Waals surface area (Å²) in [6.07, 6.45) is 6.69. The van der Waals surface area contributed by atoms with Crippen LogP contribution < -0.4 is 0 Å². The second kappa shape index (κ2) is 5.56. The van der Waals surface area contributed by atoms with Crippen LogP contribution in [0.2, 0.25) is 0 Å². The Labute approximate surface area is 148 Å². The normalized spacial score (nSPS) is 27.7. The van der Waals surface area contributed by atoms with Crippen molar-refractivity contribution in [3.05, 3.63) is 30.1 Å². The molecule has 3 heterocycles. The van der Waals surface area contributed by atoms with Gasteiger partial charge in [0.15, 0.2) is 0 Å². The van der Waals surface area contributed by atoms with Crippen molar-refractivity contribution < 1.29 is 4.79 Å². The zero-order valence-electron chi connectivity index (χ0n) is 14.9. The summed E-state index contributed by atoms with van der Waals surface area (Å²) in [5, 5.41) is 0. The first-order chi connectivity index (χ1) is 12.2.